The molecular weight excluding hydrogens is 614 g/mol. The fraction of sp³-hybridized carbons (Fsp3) is 0.714. The maximum atomic E-state index is 14.5. The Morgan fingerprint density at radius 1 is 0.917 bits per heavy atom. The molecule has 1 aromatic heterocycles. The minimum atomic E-state index is -0.992. The van der Waals surface area contributed by atoms with E-state index in [4.69, 9.17) is 0 Å². The lowest BCUT2D eigenvalue weighted by Gasteiger charge is -2.37. The van der Waals surface area contributed by atoms with E-state index in [9.17, 15) is 28.8 Å². The number of carbonyl (C=O) groups is 6. The first-order valence-electron chi connectivity index (χ1n) is 17.7. The van der Waals surface area contributed by atoms with Crippen LogP contribution in [0.25, 0.3) is 0 Å². The van der Waals surface area contributed by atoms with E-state index in [1.165, 1.54) is 18.6 Å². The van der Waals surface area contributed by atoms with Crippen molar-refractivity contribution in [3.8, 4) is 0 Å². The second kappa shape index (κ2) is 15.1. The summed E-state index contributed by atoms with van der Waals surface area (Å²) in [6.45, 7) is 7.83. The lowest BCUT2D eigenvalue weighted by Crippen LogP contribution is -2.62. The summed E-state index contributed by atoms with van der Waals surface area (Å²) in [6, 6.07) is -3.66. The number of nitrogens with one attached hydrogen (secondary N) is 4. The van der Waals surface area contributed by atoms with Crippen molar-refractivity contribution in [1.82, 2.24) is 36.1 Å². The second-order valence-corrected chi connectivity index (χ2v) is 15.1. The van der Waals surface area contributed by atoms with Crippen LogP contribution in [0.2, 0.25) is 0 Å². The summed E-state index contributed by atoms with van der Waals surface area (Å²) in [4.78, 5) is 91.0. The van der Waals surface area contributed by atoms with E-state index in [1.807, 2.05) is 27.7 Å². The van der Waals surface area contributed by atoms with Crippen LogP contribution in [0.4, 0.5) is 0 Å². The molecule has 3 aliphatic carbocycles. The smallest absolute Gasteiger partial charge is 0.289 e. The van der Waals surface area contributed by atoms with E-state index in [0.717, 1.165) is 57.8 Å². The molecule has 0 radical (unpaired) electrons. The van der Waals surface area contributed by atoms with Crippen LogP contribution in [-0.4, -0.2) is 86.9 Å². The van der Waals surface area contributed by atoms with Gasteiger partial charge in [-0.05, 0) is 68.1 Å². The van der Waals surface area contributed by atoms with Crippen LogP contribution in [0.5, 0.6) is 0 Å². The van der Waals surface area contributed by atoms with Gasteiger partial charge in [-0.2, -0.15) is 0 Å². The van der Waals surface area contributed by atoms with Crippen molar-refractivity contribution in [3.63, 3.8) is 0 Å². The third-order valence-corrected chi connectivity index (χ3v) is 10.4. The summed E-state index contributed by atoms with van der Waals surface area (Å²) in [5.41, 5.74) is -0.638. The molecule has 4 aliphatic rings. The standard InChI is InChI=1S/C35H51N7O6/c1-5-9-24(28(43)33(47)38-22-14-15-22)39-32(46)27-23-13-8-12-21(23)19-42(27)34(48)29(35(2,3)4)41-31(45)26(20-10-6-7-11-20)40-30(44)25-18-36-16-17-37-25/h16-18,20-24,26-27,29H,5-15,19H2,1-4H3,(H,38,47)(H,39,46)(H,40,44)(H,41,45)/t21-,23-,24-,26-,27-,29+/m0/s1. The third kappa shape index (κ3) is 8.20. The highest BCUT2D eigenvalue weighted by molar-refractivity contribution is 6.38. The number of amides is 5. The molecule has 0 spiro atoms. The second-order valence-electron chi connectivity index (χ2n) is 15.1. The van der Waals surface area contributed by atoms with E-state index >= 15 is 0 Å². The monoisotopic (exact) mass is 665 g/mol. The SMILES string of the molecule is CCC[C@H](NC(=O)[C@@H]1[C@H]2CCC[C@H]2CN1C(=O)[C@@H](NC(=O)[C@@H](NC(=O)c1cnccn1)C1CCCC1)C(C)(C)C)C(=O)C(=O)NC1CC1. The number of hydrogen-bond donors (Lipinski definition) is 4. The Hall–Kier alpha value is -3.90. The van der Waals surface area contributed by atoms with Crippen LogP contribution in [0, 0.1) is 23.2 Å². The number of hydrogen-bond acceptors (Lipinski definition) is 8. The molecular formula is C35H51N7O6. The molecule has 3 saturated carbocycles. The maximum Gasteiger partial charge on any atom is 0.289 e. The minimum absolute atomic E-state index is 0.0137. The van der Waals surface area contributed by atoms with Gasteiger partial charge in [0.2, 0.25) is 23.5 Å². The number of nitrogens with zero attached hydrogens (tertiary/aromatic N) is 3. The molecule has 1 aromatic rings. The highest BCUT2D eigenvalue weighted by Crippen LogP contribution is 2.43. The van der Waals surface area contributed by atoms with Crippen LogP contribution in [-0.2, 0) is 24.0 Å². The molecule has 1 saturated heterocycles. The minimum Gasteiger partial charge on any atom is -0.347 e. The van der Waals surface area contributed by atoms with E-state index in [-0.39, 0.29) is 35.4 Å². The van der Waals surface area contributed by atoms with Gasteiger partial charge in [-0.15, -0.1) is 0 Å². The van der Waals surface area contributed by atoms with Gasteiger partial charge in [0.05, 0.1) is 12.2 Å². The van der Waals surface area contributed by atoms with Gasteiger partial charge in [0.1, 0.15) is 23.8 Å². The molecule has 5 rings (SSSR count). The molecule has 2 heterocycles. The molecule has 48 heavy (non-hydrogen) atoms. The van der Waals surface area contributed by atoms with Gasteiger partial charge in [0.15, 0.2) is 0 Å². The predicted octanol–water partition coefficient (Wildman–Crippen LogP) is 2.06. The first-order valence-corrected chi connectivity index (χ1v) is 17.7. The first-order chi connectivity index (χ1) is 22.9. The number of carbonyl (C=O) groups excluding carboxylic acids is 6. The van der Waals surface area contributed by atoms with Gasteiger partial charge in [0, 0.05) is 25.0 Å². The Morgan fingerprint density at radius 2 is 1.65 bits per heavy atom. The van der Waals surface area contributed by atoms with Crippen LogP contribution < -0.4 is 21.3 Å². The zero-order valence-electron chi connectivity index (χ0n) is 28.6. The Morgan fingerprint density at radius 3 is 2.27 bits per heavy atom. The van der Waals surface area contributed by atoms with E-state index in [2.05, 4.69) is 31.2 Å². The van der Waals surface area contributed by atoms with Crippen molar-refractivity contribution in [2.24, 2.45) is 23.2 Å². The zero-order chi connectivity index (χ0) is 34.6. The van der Waals surface area contributed by atoms with Gasteiger partial charge in [-0.25, -0.2) is 4.98 Å². The summed E-state index contributed by atoms with van der Waals surface area (Å²) >= 11 is 0. The van der Waals surface area contributed by atoms with Gasteiger partial charge in [0.25, 0.3) is 11.8 Å². The molecule has 0 aromatic carbocycles. The van der Waals surface area contributed by atoms with Crippen molar-refractivity contribution in [2.45, 2.75) is 129 Å². The Bertz CT molecular complexity index is 1370. The summed E-state index contributed by atoms with van der Waals surface area (Å²) in [5.74, 6) is -3.20. The number of rotatable bonds is 13. The molecule has 0 unspecified atom stereocenters. The maximum absolute atomic E-state index is 14.5. The molecule has 13 heteroatoms. The van der Waals surface area contributed by atoms with Gasteiger partial charge < -0.3 is 26.2 Å². The predicted molar refractivity (Wildman–Crippen MR) is 176 cm³/mol. The van der Waals surface area contributed by atoms with Crippen molar-refractivity contribution in [1.29, 1.82) is 0 Å². The molecule has 1 aliphatic heterocycles. The molecule has 262 valence electrons. The van der Waals surface area contributed by atoms with E-state index in [1.54, 1.807) is 4.90 Å². The third-order valence-electron chi connectivity index (χ3n) is 10.4. The molecule has 4 fully saturated rings. The van der Waals surface area contributed by atoms with Crippen molar-refractivity contribution in [3.05, 3.63) is 24.3 Å². The summed E-state index contributed by atoms with van der Waals surface area (Å²) in [5, 5.41) is 11.4. The van der Waals surface area contributed by atoms with Crippen LogP contribution in [0.1, 0.15) is 109 Å². The lowest BCUT2D eigenvalue weighted by atomic mass is 9.84. The fourth-order valence-electron chi connectivity index (χ4n) is 7.69. The highest BCUT2D eigenvalue weighted by Gasteiger charge is 2.52. The van der Waals surface area contributed by atoms with Gasteiger partial charge in [-0.3, -0.25) is 33.8 Å². The number of likely N-dealkylation sites (tertiary alicyclic amines) is 1. The first kappa shape index (κ1) is 35.4. The number of Topliss-reactive ketones (excluding diaryl/α,β-unsaturated/α-hetero) is 1. The van der Waals surface area contributed by atoms with Crippen LogP contribution >= 0.6 is 0 Å². The lowest BCUT2D eigenvalue weighted by molar-refractivity contribution is -0.146. The van der Waals surface area contributed by atoms with Crippen LogP contribution in [0.15, 0.2) is 18.6 Å². The Kier molecular flexibility index (Phi) is 11.1. The van der Waals surface area contributed by atoms with Crippen molar-refractivity contribution >= 4 is 35.3 Å². The summed E-state index contributed by atoms with van der Waals surface area (Å²) in [7, 11) is 0. The molecule has 4 N–H and O–H groups in total. The quantitative estimate of drug-likeness (QED) is 0.231. The Balaban J connectivity index is 1.35. The normalized spacial score (nSPS) is 24.2. The van der Waals surface area contributed by atoms with E-state index in [0.29, 0.717) is 19.4 Å². The summed E-state index contributed by atoms with van der Waals surface area (Å²) in [6.07, 6.45) is 12.8. The van der Waals surface area contributed by atoms with E-state index < -0.39 is 59.0 Å². The number of fused-ring (bicyclic) bond motifs is 1. The number of ketones is 1. The Labute approximate surface area is 282 Å². The van der Waals surface area contributed by atoms with Crippen molar-refractivity contribution in [2.75, 3.05) is 6.54 Å². The highest BCUT2D eigenvalue weighted by atomic mass is 16.2. The number of aromatic nitrogens is 2. The van der Waals surface area contributed by atoms with Crippen LogP contribution in [0.3, 0.4) is 0 Å². The molecule has 13 nitrogen and oxygen atoms in total. The van der Waals surface area contributed by atoms with Gasteiger partial charge in [-0.1, -0.05) is 53.4 Å². The van der Waals surface area contributed by atoms with Crippen molar-refractivity contribution < 1.29 is 28.8 Å². The topological polar surface area (TPSA) is 180 Å². The largest absolute Gasteiger partial charge is 0.347 e. The van der Waals surface area contributed by atoms with Gasteiger partial charge >= 0.3 is 0 Å². The molecule has 0 bridgehead atoms. The fourth-order valence-corrected chi connectivity index (χ4v) is 7.69. The average Bonchev–Trinajstić information content (AvgIpc) is 3.40. The average molecular weight is 666 g/mol. The molecule has 5 amide bonds. The summed E-state index contributed by atoms with van der Waals surface area (Å²) < 4.78 is 0. The molecule has 6 atom stereocenters. The zero-order valence-corrected chi connectivity index (χ0v) is 28.6.